The number of carbonyl (C=O) groups is 1. The van der Waals surface area contributed by atoms with E-state index in [2.05, 4.69) is 20.8 Å². The summed E-state index contributed by atoms with van der Waals surface area (Å²) >= 11 is 0. The molecule has 0 heterocycles. The Kier molecular flexibility index (Phi) is 4.62. The van der Waals surface area contributed by atoms with Crippen LogP contribution < -0.4 is 5.73 Å². The second-order valence-electron chi connectivity index (χ2n) is 5.35. The molecule has 0 unspecified atom stereocenters. The van der Waals surface area contributed by atoms with E-state index in [1.54, 1.807) is 6.92 Å². The maximum absolute atomic E-state index is 11.5. The van der Waals surface area contributed by atoms with Gasteiger partial charge in [0.25, 0.3) is 0 Å². The molecule has 1 fully saturated rings. The highest BCUT2D eigenvalue weighted by atomic mass is 35.5. The van der Waals surface area contributed by atoms with Gasteiger partial charge < -0.3 is 10.5 Å². The average Bonchev–Trinajstić information content (AvgIpc) is 1.97. The van der Waals surface area contributed by atoms with E-state index < -0.39 is 5.54 Å². The predicted molar refractivity (Wildman–Crippen MR) is 63.0 cm³/mol. The third kappa shape index (κ3) is 3.08. The number of halogens is 1. The fourth-order valence-electron chi connectivity index (χ4n) is 1.87. The molecule has 0 bridgehead atoms. The van der Waals surface area contributed by atoms with Crippen LogP contribution in [0.3, 0.4) is 0 Å². The van der Waals surface area contributed by atoms with Gasteiger partial charge in [-0.25, -0.2) is 0 Å². The second kappa shape index (κ2) is 4.71. The van der Waals surface area contributed by atoms with Gasteiger partial charge in [0.1, 0.15) is 5.54 Å². The summed E-state index contributed by atoms with van der Waals surface area (Å²) in [5.41, 5.74) is 5.49. The molecule has 0 spiro atoms. The van der Waals surface area contributed by atoms with Crippen LogP contribution in [0.5, 0.6) is 0 Å². The van der Waals surface area contributed by atoms with Gasteiger partial charge in [-0.2, -0.15) is 0 Å². The number of nitrogens with two attached hydrogens (primary N) is 1. The topological polar surface area (TPSA) is 52.3 Å². The zero-order valence-electron chi connectivity index (χ0n) is 10.0. The molecule has 1 rings (SSSR count). The number of rotatable bonds is 2. The molecule has 4 heteroatoms. The predicted octanol–water partition coefficient (Wildman–Crippen LogP) is 2.12. The van der Waals surface area contributed by atoms with Gasteiger partial charge in [-0.15, -0.1) is 12.4 Å². The summed E-state index contributed by atoms with van der Waals surface area (Å²) in [7, 11) is 0. The molecule has 1 aliphatic rings. The molecule has 0 amide bonds. The zero-order chi connectivity index (χ0) is 11.0. The first kappa shape index (κ1) is 14.7. The van der Waals surface area contributed by atoms with Crippen LogP contribution in [0.4, 0.5) is 0 Å². The van der Waals surface area contributed by atoms with Crippen molar-refractivity contribution in [2.24, 2.45) is 17.1 Å². The van der Waals surface area contributed by atoms with Gasteiger partial charge in [-0.1, -0.05) is 20.8 Å². The van der Waals surface area contributed by atoms with Crippen LogP contribution in [0.1, 0.15) is 40.5 Å². The SMILES string of the molecule is CCOC(=O)C1(N)CC(C(C)(C)C)C1.Cl. The van der Waals surface area contributed by atoms with Crippen LogP contribution in [-0.2, 0) is 9.53 Å². The van der Waals surface area contributed by atoms with Gasteiger partial charge in [0.05, 0.1) is 6.61 Å². The fourth-order valence-corrected chi connectivity index (χ4v) is 1.87. The number of hydrogen-bond donors (Lipinski definition) is 1. The van der Waals surface area contributed by atoms with E-state index in [4.69, 9.17) is 10.5 Å². The van der Waals surface area contributed by atoms with Crippen molar-refractivity contribution in [3.8, 4) is 0 Å². The van der Waals surface area contributed by atoms with Crippen LogP contribution >= 0.6 is 12.4 Å². The smallest absolute Gasteiger partial charge is 0.326 e. The number of carbonyl (C=O) groups excluding carboxylic acids is 1. The van der Waals surface area contributed by atoms with Gasteiger partial charge in [0.2, 0.25) is 0 Å². The molecule has 3 nitrogen and oxygen atoms in total. The molecule has 0 aromatic heterocycles. The molecule has 0 radical (unpaired) electrons. The summed E-state index contributed by atoms with van der Waals surface area (Å²) in [5, 5.41) is 0. The van der Waals surface area contributed by atoms with Gasteiger partial charge in [-0.3, -0.25) is 4.79 Å². The Labute approximate surface area is 98.2 Å². The Morgan fingerprint density at radius 1 is 1.47 bits per heavy atom. The highest BCUT2D eigenvalue weighted by Crippen LogP contribution is 2.46. The minimum absolute atomic E-state index is 0. The van der Waals surface area contributed by atoms with Crippen molar-refractivity contribution >= 4 is 18.4 Å². The standard InChI is InChI=1S/C11H21NO2.ClH/c1-5-14-9(13)11(12)6-8(7-11)10(2,3)4;/h8H,5-7,12H2,1-4H3;1H. The molecule has 2 N–H and O–H groups in total. The van der Waals surface area contributed by atoms with E-state index in [-0.39, 0.29) is 23.8 Å². The summed E-state index contributed by atoms with van der Waals surface area (Å²) in [6, 6.07) is 0. The maximum Gasteiger partial charge on any atom is 0.326 e. The molecule has 1 aliphatic carbocycles. The highest BCUT2D eigenvalue weighted by Gasteiger charge is 2.51. The first-order valence-electron chi connectivity index (χ1n) is 5.25. The molecule has 1 saturated carbocycles. The normalized spacial score (nSPS) is 30.1. The van der Waals surface area contributed by atoms with Gasteiger partial charge in [-0.05, 0) is 31.1 Å². The summed E-state index contributed by atoms with van der Waals surface area (Å²) < 4.78 is 4.95. The average molecular weight is 236 g/mol. The lowest BCUT2D eigenvalue weighted by Crippen LogP contribution is -2.61. The molecule has 0 aromatic carbocycles. The molecule has 15 heavy (non-hydrogen) atoms. The first-order valence-corrected chi connectivity index (χ1v) is 5.25. The van der Waals surface area contributed by atoms with Crippen molar-refractivity contribution in [1.82, 2.24) is 0 Å². The van der Waals surface area contributed by atoms with E-state index in [0.29, 0.717) is 12.5 Å². The van der Waals surface area contributed by atoms with Gasteiger partial charge in [0.15, 0.2) is 0 Å². The molecular formula is C11H22ClNO2. The van der Waals surface area contributed by atoms with E-state index in [1.165, 1.54) is 0 Å². The minimum Gasteiger partial charge on any atom is -0.465 e. The van der Waals surface area contributed by atoms with Crippen molar-refractivity contribution in [2.45, 2.75) is 46.1 Å². The van der Waals surface area contributed by atoms with E-state index in [9.17, 15) is 4.79 Å². The number of hydrogen-bond acceptors (Lipinski definition) is 3. The maximum atomic E-state index is 11.5. The van der Waals surface area contributed by atoms with Gasteiger partial charge >= 0.3 is 5.97 Å². The number of ether oxygens (including phenoxy) is 1. The first-order chi connectivity index (χ1) is 6.29. The quantitative estimate of drug-likeness (QED) is 0.746. The Morgan fingerprint density at radius 2 is 1.93 bits per heavy atom. The van der Waals surface area contributed by atoms with Crippen LogP contribution in [0, 0.1) is 11.3 Å². The van der Waals surface area contributed by atoms with E-state index in [1.807, 2.05) is 0 Å². The number of esters is 1. The largest absolute Gasteiger partial charge is 0.465 e. The minimum atomic E-state index is -0.700. The summed E-state index contributed by atoms with van der Waals surface area (Å²) in [6.45, 7) is 8.77. The monoisotopic (exact) mass is 235 g/mol. The summed E-state index contributed by atoms with van der Waals surface area (Å²) in [5.74, 6) is 0.303. The highest BCUT2D eigenvalue weighted by molar-refractivity contribution is 5.85. The van der Waals surface area contributed by atoms with Crippen molar-refractivity contribution in [3.63, 3.8) is 0 Å². The fraction of sp³-hybridized carbons (Fsp3) is 0.909. The second-order valence-corrected chi connectivity index (χ2v) is 5.35. The van der Waals surface area contributed by atoms with Crippen molar-refractivity contribution in [3.05, 3.63) is 0 Å². The molecule has 0 atom stereocenters. The van der Waals surface area contributed by atoms with E-state index >= 15 is 0 Å². The molecule has 0 saturated heterocycles. The Morgan fingerprint density at radius 3 is 2.27 bits per heavy atom. The Bertz CT molecular complexity index is 229. The molecular weight excluding hydrogens is 214 g/mol. The third-order valence-corrected chi connectivity index (χ3v) is 3.13. The van der Waals surface area contributed by atoms with Crippen LogP contribution in [0.2, 0.25) is 0 Å². The molecule has 90 valence electrons. The Hall–Kier alpha value is -0.280. The van der Waals surface area contributed by atoms with Crippen LogP contribution in [0.15, 0.2) is 0 Å². The molecule has 0 aromatic rings. The van der Waals surface area contributed by atoms with Crippen LogP contribution in [0.25, 0.3) is 0 Å². The van der Waals surface area contributed by atoms with Gasteiger partial charge in [0, 0.05) is 0 Å². The lowest BCUT2D eigenvalue weighted by molar-refractivity contribution is -0.157. The van der Waals surface area contributed by atoms with E-state index in [0.717, 1.165) is 12.8 Å². The third-order valence-electron chi connectivity index (χ3n) is 3.13. The van der Waals surface area contributed by atoms with Crippen molar-refractivity contribution in [2.75, 3.05) is 6.61 Å². The van der Waals surface area contributed by atoms with Crippen molar-refractivity contribution < 1.29 is 9.53 Å². The zero-order valence-corrected chi connectivity index (χ0v) is 10.8. The summed E-state index contributed by atoms with van der Waals surface area (Å²) in [4.78, 5) is 11.5. The lowest BCUT2D eigenvalue weighted by atomic mass is 9.59. The lowest BCUT2D eigenvalue weighted by Gasteiger charge is -2.48. The van der Waals surface area contributed by atoms with Crippen molar-refractivity contribution in [1.29, 1.82) is 0 Å². The van der Waals surface area contributed by atoms with Crippen LogP contribution in [-0.4, -0.2) is 18.1 Å². The molecule has 0 aliphatic heterocycles. The Balaban J connectivity index is 0.00000196. The summed E-state index contributed by atoms with van der Waals surface area (Å²) in [6.07, 6.45) is 1.52.